The SMILES string of the molecule is [3H][B]SO[C@@H]1CC(=O)[C@H](CC=CCCCC(=O)OC)[C@H]1C. The molecule has 1 saturated carbocycles. The minimum atomic E-state index is -0.188. The second-order valence-corrected chi connectivity index (χ2v) is 5.43. The molecule has 1 radical (unpaired) electrons. The summed E-state index contributed by atoms with van der Waals surface area (Å²) in [4.78, 5) is 22.9. The van der Waals surface area contributed by atoms with Crippen molar-refractivity contribution in [3.8, 4) is 0 Å². The Balaban J connectivity index is 2.27. The maximum absolute atomic E-state index is 12.0. The van der Waals surface area contributed by atoms with E-state index in [-0.39, 0.29) is 29.7 Å². The number of carbonyl (C=O) groups is 2. The molecule has 0 saturated heterocycles. The van der Waals surface area contributed by atoms with E-state index in [4.69, 9.17) is 5.52 Å². The number of hydrogen-bond acceptors (Lipinski definition) is 5. The molecule has 111 valence electrons. The molecule has 0 aliphatic heterocycles. The van der Waals surface area contributed by atoms with Gasteiger partial charge in [0.15, 0.2) is 0 Å². The lowest BCUT2D eigenvalue weighted by Crippen LogP contribution is -2.17. The standard InChI is InChI=1S/C14H22BO4S/c1-10-11(12(16)9-13(10)19-20-15)7-5-3-4-6-8-14(17)18-2/h3,5,10-11,13,15H,4,6-9H2,1-2H3/t10-,11-,13-/m1/s1/i15T. The van der Waals surface area contributed by atoms with Crippen molar-refractivity contribution in [1.29, 1.82) is 1.34 Å². The zero-order valence-electron chi connectivity index (χ0n) is 13.0. The van der Waals surface area contributed by atoms with Crippen LogP contribution in [-0.2, 0) is 18.5 Å². The fourth-order valence-electron chi connectivity index (χ4n) is 2.45. The van der Waals surface area contributed by atoms with E-state index < -0.39 is 0 Å². The number of unbranched alkanes of at least 4 members (excludes halogenated alkanes) is 1. The number of esters is 1. The van der Waals surface area contributed by atoms with Crippen LogP contribution in [0.3, 0.4) is 0 Å². The molecule has 0 N–H and O–H groups in total. The Bertz CT molecular complexity index is 378. The van der Waals surface area contributed by atoms with Gasteiger partial charge in [0, 0.05) is 18.8 Å². The van der Waals surface area contributed by atoms with Gasteiger partial charge in [-0.05, 0) is 26.5 Å². The molecule has 1 aliphatic carbocycles. The van der Waals surface area contributed by atoms with Gasteiger partial charge in [-0.15, -0.1) is 0 Å². The van der Waals surface area contributed by atoms with Crippen LogP contribution in [-0.4, -0.2) is 33.4 Å². The minimum Gasteiger partial charge on any atom is -0.469 e. The first-order valence-corrected chi connectivity index (χ1v) is 7.67. The van der Waals surface area contributed by atoms with Crippen molar-refractivity contribution >= 4 is 30.7 Å². The zero-order valence-corrected chi connectivity index (χ0v) is 12.9. The van der Waals surface area contributed by atoms with E-state index in [1.165, 1.54) is 7.11 Å². The Kier molecular flexibility index (Phi) is 7.22. The largest absolute Gasteiger partial charge is 0.469 e. The lowest BCUT2D eigenvalue weighted by molar-refractivity contribution is -0.140. The van der Waals surface area contributed by atoms with Crippen LogP contribution in [0.25, 0.3) is 0 Å². The molecule has 4 nitrogen and oxygen atoms in total. The average Bonchev–Trinajstić information content (AvgIpc) is 2.75. The molecule has 0 spiro atoms. The van der Waals surface area contributed by atoms with Crippen molar-refractivity contribution in [2.45, 2.75) is 45.1 Å². The van der Waals surface area contributed by atoms with Gasteiger partial charge in [0.25, 0.3) is 0 Å². The second-order valence-electron chi connectivity index (χ2n) is 5.04. The average molecular weight is 299 g/mol. The maximum Gasteiger partial charge on any atom is 0.305 e. The van der Waals surface area contributed by atoms with E-state index in [2.05, 4.69) is 4.74 Å². The van der Waals surface area contributed by atoms with E-state index in [0.29, 0.717) is 19.3 Å². The normalized spacial score (nSPS) is 26.8. The summed E-state index contributed by atoms with van der Waals surface area (Å²) in [6.07, 6.45) is 7.09. The number of carbonyl (C=O) groups excluding carboxylic acids is 2. The second kappa shape index (κ2) is 9.24. The summed E-state index contributed by atoms with van der Waals surface area (Å²) in [6.45, 7) is 2.02. The van der Waals surface area contributed by atoms with Crippen molar-refractivity contribution < 1.29 is 18.5 Å². The third-order valence-corrected chi connectivity index (χ3v) is 4.11. The fraction of sp³-hybridized carbons (Fsp3) is 0.714. The summed E-state index contributed by atoms with van der Waals surface area (Å²) in [7, 11) is 2.52. The lowest BCUT2D eigenvalue weighted by atomic mass is 9.93. The van der Waals surface area contributed by atoms with E-state index in [9.17, 15) is 9.59 Å². The smallest absolute Gasteiger partial charge is 0.305 e. The molecule has 0 unspecified atom stereocenters. The predicted octanol–water partition coefficient (Wildman–Crippen LogP) is 2.35. The minimum absolute atomic E-state index is 0.00168. The number of Topliss-reactive ketones (excluding diaryl/α,β-unsaturated/α-hetero) is 1. The highest BCUT2D eigenvalue weighted by atomic mass is 32.2. The van der Waals surface area contributed by atoms with Gasteiger partial charge < -0.3 is 8.92 Å². The lowest BCUT2D eigenvalue weighted by Gasteiger charge is -2.17. The van der Waals surface area contributed by atoms with Gasteiger partial charge in [-0.25, -0.2) is 0 Å². The summed E-state index contributed by atoms with van der Waals surface area (Å²) in [5, 5.41) is 0. The van der Waals surface area contributed by atoms with Crippen molar-refractivity contribution in [2.24, 2.45) is 11.8 Å². The quantitative estimate of drug-likeness (QED) is 0.215. The van der Waals surface area contributed by atoms with Crippen LogP contribution in [0, 0.1) is 11.8 Å². The Morgan fingerprint density at radius 1 is 1.60 bits per heavy atom. The van der Waals surface area contributed by atoms with Crippen LogP contribution >= 0.6 is 11.9 Å². The molecule has 0 aromatic heterocycles. The Labute approximate surface area is 127 Å². The predicted molar refractivity (Wildman–Crippen MR) is 81.5 cm³/mol. The van der Waals surface area contributed by atoms with E-state index >= 15 is 0 Å². The number of ketones is 1. The molecule has 0 aromatic rings. The number of hydrogen-bond donors (Lipinski definition) is 0. The highest BCUT2D eigenvalue weighted by molar-refractivity contribution is 8.15. The van der Waals surface area contributed by atoms with Crippen LogP contribution in [0.5, 0.6) is 0 Å². The molecule has 1 aliphatic rings. The van der Waals surface area contributed by atoms with Gasteiger partial charge in [-0.1, -0.05) is 31.0 Å². The summed E-state index contributed by atoms with van der Waals surface area (Å²) in [6, 6.07) is 0. The first kappa shape index (κ1) is 15.6. The van der Waals surface area contributed by atoms with Crippen molar-refractivity contribution in [3.05, 3.63) is 12.2 Å². The molecular formula is C14H22BO4S. The Morgan fingerprint density at radius 2 is 2.40 bits per heavy atom. The van der Waals surface area contributed by atoms with Crippen LogP contribution in [0.4, 0.5) is 0 Å². The van der Waals surface area contributed by atoms with Gasteiger partial charge in [0.05, 0.1) is 13.2 Å². The third-order valence-electron chi connectivity index (χ3n) is 3.75. The third kappa shape index (κ3) is 5.33. The molecular weight excluding hydrogens is 275 g/mol. The molecule has 0 aromatic carbocycles. The van der Waals surface area contributed by atoms with Crippen LogP contribution < -0.4 is 0 Å². The molecule has 0 heterocycles. The molecule has 1 fully saturated rings. The first-order chi connectivity index (χ1) is 10.1. The topological polar surface area (TPSA) is 52.6 Å². The van der Waals surface area contributed by atoms with Gasteiger partial charge in [0.1, 0.15) is 5.78 Å². The van der Waals surface area contributed by atoms with E-state index in [1.807, 2.05) is 19.1 Å². The summed E-state index contributed by atoms with van der Waals surface area (Å²) in [5.74, 6) is 0.215. The Hall–Kier alpha value is -0.745. The highest BCUT2D eigenvalue weighted by Gasteiger charge is 2.39. The summed E-state index contributed by atoms with van der Waals surface area (Å²) in [5.41, 5.74) is 0. The number of rotatable bonds is 9. The van der Waals surface area contributed by atoms with Gasteiger partial charge >= 0.3 is 5.97 Å². The molecule has 0 amide bonds. The molecule has 1 rings (SSSR count). The van der Waals surface area contributed by atoms with Gasteiger partial charge in [-0.2, -0.15) is 0 Å². The van der Waals surface area contributed by atoms with Gasteiger partial charge in [-0.3, -0.25) is 9.59 Å². The van der Waals surface area contributed by atoms with Gasteiger partial charge in [0.2, 0.25) is 7.09 Å². The maximum atomic E-state index is 12.0. The van der Waals surface area contributed by atoms with Crippen LogP contribution in [0.2, 0.25) is 0 Å². The van der Waals surface area contributed by atoms with Crippen LogP contribution in [0.15, 0.2) is 12.2 Å². The van der Waals surface area contributed by atoms with Crippen molar-refractivity contribution in [1.82, 2.24) is 0 Å². The van der Waals surface area contributed by atoms with Crippen molar-refractivity contribution in [3.63, 3.8) is 0 Å². The monoisotopic (exact) mass is 299 g/mol. The number of allylic oxidation sites excluding steroid dienone is 2. The number of ether oxygens (including phenoxy) is 1. The summed E-state index contributed by atoms with van der Waals surface area (Å²) >= 11 is 0.981. The summed E-state index contributed by atoms with van der Waals surface area (Å²) < 4.78 is 16.9. The molecule has 0 bridgehead atoms. The van der Waals surface area contributed by atoms with Crippen LogP contribution in [0.1, 0.15) is 39.0 Å². The van der Waals surface area contributed by atoms with E-state index in [0.717, 1.165) is 31.8 Å². The highest BCUT2D eigenvalue weighted by Crippen LogP contribution is 2.35. The first-order valence-electron chi connectivity index (χ1n) is 7.44. The van der Waals surface area contributed by atoms with Crippen molar-refractivity contribution in [2.75, 3.05) is 7.11 Å². The van der Waals surface area contributed by atoms with E-state index in [1.54, 1.807) is 0 Å². The molecule has 3 atom stereocenters. The Morgan fingerprint density at radius 3 is 3.10 bits per heavy atom. The molecule has 6 heteroatoms. The fourth-order valence-corrected chi connectivity index (χ4v) is 2.84. The number of methoxy groups -OCH3 is 1. The zero-order chi connectivity index (χ0) is 15.7. The molecule has 20 heavy (non-hydrogen) atoms.